The van der Waals surface area contributed by atoms with Crippen LogP contribution in [-0.4, -0.2) is 20.1 Å². The van der Waals surface area contributed by atoms with E-state index in [1.54, 1.807) is 11.3 Å². The molecule has 0 radical (unpaired) electrons. The van der Waals surface area contributed by atoms with Gasteiger partial charge in [0.2, 0.25) is 11.7 Å². The predicted octanol–water partition coefficient (Wildman–Crippen LogP) is 3.92. The van der Waals surface area contributed by atoms with Crippen LogP contribution in [0.2, 0.25) is 0 Å². The van der Waals surface area contributed by atoms with Gasteiger partial charge in [-0.05, 0) is 23.9 Å². The van der Waals surface area contributed by atoms with Crippen LogP contribution in [0.15, 0.2) is 45.4 Å². The molecular formula is C16H13N5OS2. The fourth-order valence-electron chi connectivity index (χ4n) is 2.30. The first-order chi connectivity index (χ1) is 11.7. The molecule has 0 unspecified atom stereocenters. The lowest BCUT2D eigenvalue weighted by atomic mass is 10.1. The molecule has 0 amide bonds. The number of hydrogen-bond donors (Lipinski definition) is 1. The maximum Gasteiger partial charge on any atom is 0.237 e. The van der Waals surface area contributed by atoms with Gasteiger partial charge in [0.15, 0.2) is 5.16 Å². The van der Waals surface area contributed by atoms with E-state index in [9.17, 15) is 0 Å². The molecule has 3 heterocycles. The van der Waals surface area contributed by atoms with Crippen LogP contribution >= 0.6 is 23.1 Å². The number of benzene rings is 1. The highest BCUT2D eigenvalue weighted by Gasteiger charge is 2.12. The largest absolute Gasteiger partial charge is 0.383 e. The Bertz CT molecular complexity index is 1010. The molecule has 0 fully saturated rings. The van der Waals surface area contributed by atoms with Crippen molar-refractivity contribution in [3.63, 3.8) is 0 Å². The second kappa shape index (κ2) is 6.21. The number of thioether (sulfide) groups is 1. The third-order valence-electron chi connectivity index (χ3n) is 3.51. The smallest absolute Gasteiger partial charge is 0.237 e. The number of nitrogens with two attached hydrogens (primary N) is 1. The summed E-state index contributed by atoms with van der Waals surface area (Å²) in [4.78, 5) is 14.1. The van der Waals surface area contributed by atoms with Crippen molar-refractivity contribution in [2.24, 2.45) is 0 Å². The van der Waals surface area contributed by atoms with Gasteiger partial charge in [-0.15, -0.1) is 11.3 Å². The number of nitrogen functional groups attached to an aromatic ring is 1. The molecule has 0 saturated heterocycles. The van der Waals surface area contributed by atoms with Crippen molar-refractivity contribution in [1.82, 2.24) is 20.1 Å². The molecule has 4 aromatic rings. The predicted molar refractivity (Wildman–Crippen MR) is 95.9 cm³/mol. The molecular weight excluding hydrogens is 342 g/mol. The van der Waals surface area contributed by atoms with E-state index in [-0.39, 0.29) is 0 Å². The highest BCUT2D eigenvalue weighted by Crippen LogP contribution is 2.28. The van der Waals surface area contributed by atoms with Crippen LogP contribution in [0.3, 0.4) is 0 Å². The Morgan fingerprint density at radius 1 is 1.17 bits per heavy atom. The van der Waals surface area contributed by atoms with Gasteiger partial charge in [-0.2, -0.15) is 4.98 Å². The standard InChI is InChI=1S/C16H13N5OS2/c1-9-4-2-3-5-10(9)14-18-12(22-21-14)8-24-16-19-13(17)11-6-7-23-15(11)20-16/h2-7H,8H2,1H3,(H2,17,19,20). The van der Waals surface area contributed by atoms with Gasteiger partial charge < -0.3 is 10.3 Å². The monoisotopic (exact) mass is 355 g/mol. The van der Waals surface area contributed by atoms with E-state index in [0.29, 0.717) is 28.4 Å². The summed E-state index contributed by atoms with van der Waals surface area (Å²) in [5.74, 6) is 2.12. The molecule has 4 rings (SSSR count). The normalized spacial score (nSPS) is 11.2. The van der Waals surface area contributed by atoms with Gasteiger partial charge in [0.05, 0.1) is 11.1 Å². The van der Waals surface area contributed by atoms with E-state index in [2.05, 4.69) is 20.1 Å². The number of fused-ring (bicyclic) bond motifs is 1. The molecule has 0 aliphatic heterocycles. The first kappa shape index (κ1) is 15.1. The van der Waals surface area contributed by atoms with Crippen molar-refractivity contribution in [1.29, 1.82) is 0 Å². The summed E-state index contributed by atoms with van der Waals surface area (Å²) in [6.07, 6.45) is 0. The minimum atomic E-state index is 0.495. The molecule has 0 saturated carbocycles. The Morgan fingerprint density at radius 2 is 2.04 bits per heavy atom. The topological polar surface area (TPSA) is 90.7 Å². The zero-order valence-electron chi connectivity index (χ0n) is 12.8. The van der Waals surface area contributed by atoms with Crippen LogP contribution in [0.5, 0.6) is 0 Å². The van der Waals surface area contributed by atoms with Crippen molar-refractivity contribution >= 4 is 39.1 Å². The Hall–Kier alpha value is -2.45. The summed E-state index contributed by atoms with van der Waals surface area (Å²) < 4.78 is 5.33. The van der Waals surface area contributed by atoms with Crippen LogP contribution in [-0.2, 0) is 5.75 Å². The van der Waals surface area contributed by atoms with E-state index in [1.165, 1.54) is 11.8 Å². The quantitative estimate of drug-likeness (QED) is 0.438. The molecule has 0 aliphatic rings. The molecule has 120 valence electrons. The van der Waals surface area contributed by atoms with E-state index in [0.717, 1.165) is 21.3 Å². The lowest BCUT2D eigenvalue weighted by Gasteiger charge is -2.00. The van der Waals surface area contributed by atoms with Crippen molar-refractivity contribution in [3.05, 3.63) is 47.2 Å². The van der Waals surface area contributed by atoms with Crippen LogP contribution in [0.25, 0.3) is 21.6 Å². The first-order valence-electron chi connectivity index (χ1n) is 7.23. The number of anilines is 1. The molecule has 0 bridgehead atoms. The van der Waals surface area contributed by atoms with Crippen molar-refractivity contribution in [2.75, 3.05) is 5.73 Å². The first-order valence-corrected chi connectivity index (χ1v) is 9.09. The number of nitrogens with zero attached hydrogens (tertiary/aromatic N) is 4. The number of rotatable bonds is 4. The second-order valence-corrected chi connectivity index (χ2v) is 6.98. The number of aryl methyl sites for hydroxylation is 1. The van der Waals surface area contributed by atoms with Crippen molar-refractivity contribution < 1.29 is 4.52 Å². The van der Waals surface area contributed by atoms with E-state index in [1.807, 2.05) is 42.6 Å². The van der Waals surface area contributed by atoms with Gasteiger partial charge in [0, 0.05) is 5.56 Å². The lowest BCUT2D eigenvalue weighted by Crippen LogP contribution is -1.95. The third-order valence-corrected chi connectivity index (χ3v) is 5.15. The molecule has 6 nitrogen and oxygen atoms in total. The zero-order chi connectivity index (χ0) is 16.5. The van der Waals surface area contributed by atoms with Gasteiger partial charge in [-0.3, -0.25) is 0 Å². The van der Waals surface area contributed by atoms with Gasteiger partial charge >= 0.3 is 0 Å². The Balaban J connectivity index is 1.53. The Morgan fingerprint density at radius 3 is 2.92 bits per heavy atom. The van der Waals surface area contributed by atoms with E-state index < -0.39 is 0 Å². The fourth-order valence-corrected chi connectivity index (χ4v) is 3.81. The van der Waals surface area contributed by atoms with Crippen LogP contribution in [0.4, 0.5) is 5.82 Å². The number of thiophene rings is 1. The summed E-state index contributed by atoms with van der Waals surface area (Å²) >= 11 is 2.97. The molecule has 2 N–H and O–H groups in total. The van der Waals surface area contributed by atoms with Crippen LogP contribution < -0.4 is 5.73 Å². The van der Waals surface area contributed by atoms with Gasteiger partial charge in [-0.1, -0.05) is 41.2 Å². The van der Waals surface area contributed by atoms with Gasteiger partial charge in [-0.25, -0.2) is 9.97 Å². The second-order valence-electron chi connectivity index (χ2n) is 5.15. The summed E-state index contributed by atoms with van der Waals surface area (Å²) in [7, 11) is 0. The average molecular weight is 355 g/mol. The molecule has 1 aromatic carbocycles. The molecule has 0 atom stereocenters. The highest BCUT2D eigenvalue weighted by molar-refractivity contribution is 7.98. The molecule has 3 aromatic heterocycles. The minimum Gasteiger partial charge on any atom is -0.383 e. The average Bonchev–Trinajstić information content (AvgIpc) is 3.22. The lowest BCUT2D eigenvalue weighted by molar-refractivity contribution is 0.391. The zero-order valence-corrected chi connectivity index (χ0v) is 14.4. The summed E-state index contributed by atoms with van der Waals surface area (Å²) in [5, 5.41) is 7.51. The van der Waals surface area contributed by atoms with Crippen LogP contribution in [0.1, 0.15) is 11.5 Å². The Kier molecular flexibility index (Phi) is 3.91. The number of aromatic nitrogens is 4. The van der Waals surface area contributed by atoms with Crippen molar-refractivity contribution in [3.8, 4) is 11.4 Å². The Labute approximate surface area is 146 Å². The summed E-state index contributed by atoms with van der Waals surface area (Å²) in [6.45, 7) is 2.02. The number of hydrogen-bond acceptors (Lipinski definition) is 8. The third kappa shape index (κ3) is 2.85. The SMILES string of the molecule is Cc1ccccc1-c1noc(CSc2nc(N)c3ccsc3n2)n1. The molecule has 0 spiro atoms. The van der Waals surface area contributed by atoms with E-state index in [4.69, 9.17) is 10.3 Å². The molecule has 0 aliphatic carbocycles. The molecule has 24 heavy (non-hydrogen) atoms. The maximum absolute atomic E-state index is 5.96. The minimum absolute atomic E-state index is 0.495. The summed E-state index contributed by atoms with van der Waals surface area (Å²) in [6, 6.07) is 9.87. The van der Waals surface area contributed by atoms with E-state index >= 15 is 0 Å². The molecule has 8 heteroatoms. The highest BCUT2D eigenvalue weighted by atomic mass is 32.2. The maximum atomic E-state index is 5.96. The fraction of sp³-hybridized carbons (Fsp3) is 0.125. The van der Waals surface area contributed by atoms with Gasteiger partial charge in [0.25, 0.3) is 0 Å². The van der Waals surface area contributed by atoms with Gasteiger partial charge in [0.1, 0.15) is 10.6 Å². The summed E-state index contributed by atoms with van der Waals surface area (Å²) in [5.41, 5.74) is 8.04. The van der Waals surface area contributed by atoms with Crippen LogP contribution in [0, 0.1) is 6.92 Å². The van der Waals surface area contributed by atoms with Crippen molar-refractivity contribution in [2.45, 2.75) is 17.8 Å².